The molecule has 0 spiro atoms. The number of aliphatic imine (C=N–C) groups is 1. The Labute approximate surface area is 164 Å². The Kier molecular flexibility index (Phi) is 8.20. The molecular weight excluding hydrogens is 431 g/mol. The summed E-state index contributed by atoms with van der Waals surface area (Å²) in [7, 11) is 0. The van der Waals surface area contributed by atoms with Crippen LogP contribution in [0.25, 0.3) is 0 Å². The van der Waals surface area contributed by atoms with Crippen LogP contribution in [-0.4, -0.2) is 30.1 Å². The van der Waals surface area contributed by atoms with Crippen LogP contribution in [-0.2, 0) is 0 Å². The number of phenolic OH excluding ortho intramolecular Hbond substituents is 1. The first kappa shape index (κ1) is 20.8. The second-order valence-electron chi connectivity index (χ2n) is 5.57. The van der Waals surface area contributed by atoms with E-state index in [0.29, 0.717) is 24.6 Å². The van der Waals surface area contributed by atoms with Crippen LogP contribution in [0.3, 0.4) is 0 Å². The number of aromatic hydroxyl groups is 1. The van der Waals surface area contributed by atoms with E-state index in [0.717, 1.165) is 16.8 Å². The van der Waals surface area contributed by atoms with E-state index in [9.17, 15) is 9.90 Å². The van der Waals surface area contributed by atoms with Crippen molar-refractivity contribution in [2.24, 2.45) is 10.7 Å². The van der Waals surface area contributed by atoms with Gasteiger partial charge in [-0.2, -0.15) is 0 Å². The molecule has 0 atom stereocenters. The second-order valence-corrected chi connectivity index (χ2v) is 5.57. The number of amides is 1. The van der Waals surface area contributed by atoms with Gasteiger partial charge >= 0.3 is 0 Å². The summed E-state index contributed by atoms with van der Waals surface area (Å²) >= 11 is 0. The highest BCUT2D eigenvalue weighted by Crippen LogP contribution is 2.13. The summed E-state index contributed by atoms with van der Waals surface area (Å²) in [6.45, 7) is 4.77. The van der Waals surface area contributed by atoms with E-state index in [1.807, 2.05) is 26.0 Å². The number of nitrogens with zero attached hydrogens (tertiary/aromatic N) is 1. The van der Waals surface area contributed by atoms with Crippen LogP contribution in [0.15, 0.2) is 47.5 Å². The molecule has 0 aliphatic rings. The number of hydrogen-bond donors (Lipinski definition) is 4. The molecule has 0 radical (unpaired) electrons. The molecule has 1 amide bonds. The van der Waals surface area contributed by atoms with E-state index in [1.54, 1.807) is 12.1 Å². The van der Waals surface area contributed by atoms with Crippen molar-refractivity contribution in [3.8, 4) is 5.75 Å². The molecule has 25 heavy (non-hydrogen) atoms. The Morgan fingerprint density at radius 2 is 1.72 bits per heavy atom. The third-order valence-electron chi connectivity index (χ3n) is 3.30. The smallest absolute Gasteiger partial charge is 0.251 e. The summed E-state index contributed by atoms with van der Waals surface area (Å²) in [6.07, 6.45) is 0. The Morgan fingerprint density at radius 1 is 1.12 bits per heavy atom. The van der Waals surface area contributed by atoms with Gasteiger partial charge < -0.3 is 21.5 Å². The normalized spacial score (nSPS) is 10.7. The molecule has 0 saturated carbocycles. The van der Waals surface area contributed by atoms with Crippen molar-refractivity contribution in [3.05, 3.63) is 59.2 Å². The number of halogens is 1. The predicted molar refractivity (Wildman–Crippen MR) is 112 cm³/mol. The minimum absolute atomic E-state index is 0. The number of hydrogen-bond acceptors (Lipinski definition) is 3. The highest BCUT2D eigenvalue weighted by atomic mass is 127. The molecule has 6 nitrogen and oxygen atoms in total. The number of carbonyl (C=O) groups excluding carboxylic acids is 1. The molecule has 0 saturated heterocycles. The van der Waals surface area contributed by atoms with Gasteiger partial charge in [-0.05, 0) is 61.4 Å². The van der Waals surface area contributed by atoms with Gasteiger partial charge in [0.2, 0.25) is 0 Å². The van der Waals surface area contributed by atoms with Gasteiger partial charge in [-0.1, -0.05) is 6.07 Å². The van der Waals surface area contributed by atoms with Crippen molar-refractivity contribution >= 4 is 41.5 Å². The maximum atomic E-state index is 11.9. The Balaban J connectivity index is 0.00000312. The van der Waals surface area contributed by atoms with Crippen molar-refractivity contribution in [2.45, 2.75) is 13.8 Å². The van der Waals surface area contributed by atoms with E-state index < -0.39 is 0 Å². The van der Waals surface area contributed by atoms with Gasteiger partial charge in [0.25, 0.3) is 5.91 Å². The van der Waals surface area contributed by atoms with E-state index in [4.69, 9.17) is 5.73 Å². The molecule has 2 aromatic carbocycles. The number of phenols is 1. The summed E-state index contributed by atoms with van der Waals surface area (Å²) in [5.41, 5.74) is 9.51. The van der Waals surface area contributed by atoms with Gasteiger partial charge in [0.05, 0.1) is 6.54 Å². The Morgan fingerprint density at radius 3 is 2.32 bits per heavy atom. The monoisotopic (exact) mass is 454 g/mol. The van der Waals surface area contributed by atoms with Crippen LogP contribution in [0, 0.1) is 13.8 Å². The zero-order valence-corrected chi connectivity index (χ0v) is 16.6. The minimum Gasteiger partial charge on any atom is -0.508 e. The van der Waals surface area contributed by atoms with E-state index in [2.05, 4.69) is 21.7 Å². The summed E-state index contributed by atoms with van der Waals surface area (Å²) in [4.78, 5) is 16.1. The molecule has 134 valence electrons. The largest absolute Gasteiger partial charge is 0.508 e. The summed E-state index contributed by atoms with van der Waals surface area (Å²) in [5, 5.41) is 15.0. The number of nitrogens with two attached hydrogens (primary N) is 1. The van der Waals surface area contributed by atoms with Crippen LogP contribution < -0.4 is 16.4 Å². The molecule has 0 aliphatic heterocycles. The van der Waals surface area contributed by atoms with Crippen molar-refractivity contribution < 1.29 is 9.90 Å². The molecule has 0 aromatic heterocycles. The molecule has 0 fully saturated rings. The van der Waals surface area contributed by atoms with Gasteiger partial charge in [-0.25, -0.2) is 0 Å². The van der Waals surface area contributed by atoms with Crippen molar-refractivity contribution in [1.29, 1.82) is 0 Å². The highest BCUT2D eigenvalue weighted by molar-refractivity contribution is 14.0. The number of aryl methyl sites for hydroxylation is 2. The van der Waals surface area contributed by atoms with E-state index >= 15 is 0 Å². The number of carbonyl (C=O) groups is 1. The molecule has 2 rings (SSSR count). The Bertz CT molecular complexity index is 725. The fourth-order valence-electron chi connectivity index (χ4n) is 2.29. The number of nitrogens with one attached hydrogen (secondary N) is 2. The van der Waals surface area contributed by atoms with Gasteiger partial charge in [0, 0.05) is 17.8 Å². The highest BCUT2D eigenvalue weighted by Gasteiger charge is 2.04. The first-order valence-electron chi connectivity index (χ1n) is 7.66. The van der Waals surface area contributed by atoms with Gasteiger partial charge in [-0.3, -0.25) is 9.79 Å². The molecule has 0 heterocycles. The maximum Gasteiger partial charge on any atom is 0.251 e. The van der Waals surface area contributed by atoms with Crippen LogP contribution in [0.2, 0.25) is 0 Å². The van der Waals surface area contributed by atoms with Gasteiger partial charge in [-0.15, -0.1) is 24.0 Å². The molecule has 0 bridgehead atoms. The molecule has 0 aliphatic carbocycles. The Hall–Kier alpha value is -2.29. The zero-order valence-electron chi connectivity index (χ0n) is 14.2. The minimum atomic E-state index is -0.217. The predicted octanol–water partition coefficient (Wildman–Crippen LogP) is 2.78. The standard InChI is InChI=1S/C18H22N4O2.HI/c1-12-9-13(2)11-15(10-12)22-18(19)21-8-7-20-17(24)14-3-5-16(23)6-4-14;/h3-6,9-11,23H,7-8H2,1-2H3,(H,20,24)(H3,19,21,22);1H. The van der Waals surface area contributed by atoms with Crippen LogP contribution in [0.5, 0.6) is 5.75 Å². The van der Waals surface area contributed by atoms with Crippen LogP contribution >= 0.6 is 24.0 Å². The number of rotatable bonds is 5. The lowest BCUT2D eigenvalue weighted by molar-refractivity contribution is 0.0955. The first-order chi connectivity index (χ1) is 11.4. The second kappa shape index (κ2) is 9.87. The summed E-state index contributed by atoms with van der Waals surface area (Å²) in [6, 6.07) is 12.1. The van der Waals surface area contributed by atoms with Crippen molar-refractivity contribution in [1.82, 2.24) is 5.32 Å². The number of guanidine groups is 1. The summed E-state index contributed by atoms with van der Waals surface area (Å²) < 4.78 is 0. The molecule has 0 unspecified atom stereocenters. The van der Waals surface area contributed by atoms with Crippen LogP contribution in [0.1, 0.15) is 21.5 Å². The quantitative estimate of drug-likeness (QED) is 0.242. The van der Waals surface area contributed by atoms with E-state index in [1.165, 1.54) is 12.1 Å². The fourth-order valence-corrected chi connectivity index (χ4v) is 2.29. The van der Waals surface area contributed by atoms with Gasteiger partial charge in [0.1, 0.15) is 5.75 Å². The first-order valence-corrected chi connectivity index (χ1v) is 7.66. The fraction of sp³-hybridized carbons (Fsp3) is 0.222. The lowest BCUT2D eigenvalue weighted by atomic mass is 10.1. The van der Waals surface area contributed by atoms with E-state index in [-0.39, 0.29) is 35.6 Å². The topological polar surface area (TPSA) is 99.7 Å². The van der Waals surface area contributed by atoms with Crippen molar-refractivity contribution in [2.75, 3.05) is 18.4 Å². The lowest BCUT2D eigenvalue weighted by Crippen LogP contribution is -2.28. The average molecular weight is 454 g/mol. The number of benzene rings is 2. The average Bonchev–Trinajstić information content (AvgIpc) is 2.51. The SMILES string of the molecule is Cc1cc(C)cc(NC(N)=NCCNC(=O)c2ccc(O)cc2)c1.I. The zero-order chi connectivity index (χ0) is 17.5. The lowest BCUT2D eigenvalue weighted by Gasteiger charge is -2.08. The molecule has 7 heteroatoms. The van der Waals surface area contributed by atoms with Gasteiger partial charge in [0.15, 0.2) is 5.96 Å². The number of anilines is 1. The van der Waals surface area contributed by atoms with Crippen molar-refractivity contribution in [3.63, 3.8) is 0 Å². The maximum absolute atomic E-state index is 11.9. The molecular formula is C18H23IN4O2. The van der Waals surface area contributed by atoms with Crippen LogP contribution in [0.4, 0.5) is 5.69 Å². The third kappa shape index (κ3) is 7.00. The molecule has 5 N–H and O–H groups in total. The summed E-state index contributed by atoms with van der Waals surface area (Å²) in [5.74, 6) is 0.214. The molecule has 2 aromatic rings. The third-order valence-corrected chi connectivity index (χ3v) is 3.30.